The number of benzene rings is 3. The van der Waals surface area contributed by atoms with Gasteiger partial charge in [-0.2, -0.15) is 0 Å². The van der Waals surface area contributed by atoms with Crippen LogP contribution < -0.4 is 19.5 Å². The quantitative estimate of drug-likeness (QED) is 0.564. The average Bonchev–Trinajstić information content (AvgIpc) is 2.82. The molecule has 2 atom stereocenters. The number of piperidine rings is 1. The van der Waals surface area contributed by atoms with Gasteiger partial charge in [-0.1, -0.05) is 24.3 Å². The molecule has 6 heteroatoms. The second kappa shape index (κ2) is 9.17. The highest BCUT2D eigenvalue weighted by molar-refractivity contribution is 5.80. The molecule has 0 aliphatic carbocycles. The molecule has 1 fully saturated rings. The molecular formula is C26H25F2NO3. The molecule has 2 unspecified atom stereocenters. The molecule has 0 spiro atoms. The molecule has 3 aromatic carbocycles. The van der Waals surface area contributed by atoms with Gasteiger partial charge in [-0.3, -0.25) is 0 Å². The van der Waals surface area contributed by atoms with Crippen LogP contribution in [0.2, 0.25) is 0 Å². The van der Waals surface area contributed by atoms with Gasteiger partial charge in [0, 0.05) is 18.9 Å². The fourth-order valence-electron chi connectivity index (χ4n) is 4.46. The van der Waals surface area contributed by atoms with E-state index in [1.54, 1.807) is 12.1 Å². The number of nitrogens with one attached hydrogen (secondary N) is 1. The van der Waals surface area contributed by atoms with Crippen molar-refractivity contribution in [3.63, 3.8) is 0 Å². The minimum atomic E-state index is -0.299. The Labute approximate surface area is 186 Å². The number of hydrogen-bond donors (Lipinski definition) is 1. The third-order valence-electron chi connectivity index (χ3n) is 6.12. The van der Waals surface area contributed by atoms with E-state index in [0.717, 1.165) is 42.6 Å². The van der Waals surface area contributed by atoms with Crippen LogP contribution in [0.5, 0.6) is 17.2 Å². The molecule has 0 saturated carbocycles. The van der Waals surface area contributed by atoms with Gasteiger partial charge in [-0.25, -0.2) is 8.78 Å². The maximum Gasteiger partial charge on any atom is 0.231 e. The predicted octanol–water partition coefficient (Wildman–Crippen LogP) is 5.35. The number of hydrogen-bond acceptors (Lipinski definition) is 4. The molecule has 1 N–H and O–H groups in total. The Hall–Kier alpha value is -3.12. The summed E-state index contributed by atoms with van der Waals surface area (Å²) in [5.74, 6) is 1.69. The van der Waals surface area contributed by atoms with Gasteiger partial charge in [0.25, 0.3) is 0 Å². The van der Waals surface area contributed by atoms with Crippen LogP contribution in [0.15, 0.2) is 60.7 Å². The third-order valence-corrected chi connectivity index (χ3v) is 6.12. The normalized spacial score (nSPS) is 18.4. The van der Waals surface area contributed by atoms with Crippen molar-refractivity contribution in [2.24, 2.45) is 5.92 Å². The van der Waals surface area contributed by atoms with Crippen molar-refractivity contribution >= 4 is 0 Å². The largest absolute Gasteiger partial charge is 0.486 e. The molecular weight excluding hydrogens is 412 g/mol. The highest BCUT2D eigenvalue weighted by Gasteiger charge is 2.29. The lowest BCUT2D eigenvalue weighted by Gasteiger charge is -2.33. The zero-order chi connectivity index (χ0) is 21.9. The zero-order valence-electron chi connectivity index (χ0n) is 17.7. The minimum Gasteiger partial charge on any atom is -0.486 e. The SMILES string of the molecule is Fc1ccc(CC(Oc2ccc3c(-c4ccc(F)cc4)c2OCO3)C2CCCNC2)cc1. The lowest BCUT2D eigenvalue weighted by Crippen LogP contribution is -2.40. The standard InChI is InChI=1S/C26H25F2NO3/c27-20-7-3-17(4-8-20)14-24(19-2-1-13-29-15-19)32-23-12-11-22-25(26(23)31-16-30-22)18-5-9-21(28)10-6-18/h3-12,19,24,29H,1-2,13-16H2. The van der Waals surface area contributed by atoms with Crippen molar-refractivity contribution in [2.45, 2.75) is 25.4 Å². The zero-order valence-corrected chi connectivity index (χ0v) is 17.7. The van der Waals surface area contributed by atoms with E-state index in [1.165, 1.54) is 24.3 Å². The van der Waals surface area contributed by atoms with Gasteiger partial charge in [-0.15, -0.1) is 0 Å². The van der Waals surface area contributed by atoms with Crippen LogP contribution in [-0.4, -0.2) is 26.0 Å². The molecule has 2 aliphatic rings. The third kappa shape index (κ3) is 4.41. The first-order valence-electron chi connectivity index (χ1n) is 11.0. The van der Waals surface area contributed by atoms with E-state index in [1.807, 2.05) is 24.3 Å². The molecule has 166 valence electrons. The smallest absolute Gasteiger partial charge is 0.231 e. The van der Waals surface area contributed by atoms with E-state index < -0.39 is 0 Å². The number of halogens is 2. The Morgan fingerprint density at radius 2 is 1.69 bits per heavy atom. The summed E-state index contributed by atoms with van der Waals surface area (Å²) in [5.41, 5.74) is 2.59. The van der Waals surface area contributed by atoms with Crippen LogP contribution in [0, 0.1) is 17.6 Å². The first-order valence-corrected chi connectivity index (χ1v) is 11.0. The minimum absolute atomic E-state index is 0.0974. The van der Waals surface area contributed by atoms with Crippen LogP contribution in [0.3, 0.4) is 0 Å². The van der Waals surface area contributed by atoms with Crippen LogP contribution in [-0.2, 0) is 6.42 Å². The lowest BCUT2D eigenvalue weighted by molar-refractivity contribution is 0.0827. The fraction of sp³-hybridized carbons (Fsp3) is 0.308. The summed E-state index contributed by atoms with van der Waals surface area (Å²) < 4.78 is 45.0. The van der Waals surface area contributed by atoms with Crippen molar-refractivity contribution in [3.8, 4) is 28.4 Å². The summed E-state index contributed by atoms with van der Waals surface area (Å²) in [5, 5.41) is 3.46. The van der Waals surface area contributed by atoms with E-state index in [-0.39, 0.29) is 24.5 Å². The van der Waals surface area contributed by atoms with Crippen molar-refractivity contribution in [1.29, 1.82) is 0 Å². The van der Waals surface area contributed by atoms with E-state index in [9.17, 15) is 8.78 Å². The summed E-state index contributed by atoms with van der Waals surface area (Å²) in [6.45, 7) is 1.98. The summed E-state index contributed by atoms with van der Waals surface area (Å²) in [7, 11) is 0. The molecule has 1 saturated heterocycles. The van der Waals surface area contributed by atoms with Crippen LogP contribution in [0.4, 0.5) is 8.78 Å². The van der Waals surface area contributed by atoms with Gasteiger partial charge < -0.3 is 19.5 Å². The molecule has 0 aromatic heterocycles. The molecule has 2 bridgehead atoms. The summed E-state index contributed by atoms with van der Waals surface area (Å²) in [6.07, 6.45) is 2.70. The van der Waals surface area contributed by atoms with Crippen LogP contribution in [0.25, 0.3) is 11.1 Å². The first kappa shape index (κ1) is 20.8. The average molecular weight is 437 g/mol. The number of fused-ring (bicyclic) bond motifs is 2. The van der Waals surface area contributed by atoms with E-state index in [2.05, 4.69) is 5.32 Å². The number of ether oxygens (including phenoxy) is 3. The fourth-order valence-corrected chi connectivity index (χ4v) is 4.46. The Morgan fingerprint density at radius 3 is 2.41 bits per heavy atom. The Bertz CT molecular complexity index is 1060. The maximum atomic E-state index is 13.5. The summed E-state index contributed by atoms with van der Waals surface area (Å²) >= 11 is 0. The van der Waals surface area contributed by atoms with Crippen molar-refractivity contribution in [3.05, 3.63) is 77.9 Å². The molecule has 2 aliphatic heterocycles. The van der Waals surface area contributed by atoms with Crippen LogP contribution in [0.1, 0.15) is 18.4 Å². The van der Waals surface area contributed by atoms with Crippen molar-refractivity contribution in [1.82, 2.24) is 5.32 Å². The van der Waals surface area contributed by atoms with Gasteiger partial charge >= 0.3 is 0 Å². The second-order valence-corrected chi connectivity index (χ2v) is 8.27. The predicted molar refractivity (Wildman–Crippen MR) is 118 cm³/mol. The van der Waals surface area contributed by atoms with E-state index in [4.69, 9.17) is 14.2 Å². The maximum absolute atomic E-state index is 13.5. The molecule has 0 radical (unpaired) electrons. The molecule has 3 aromatic rings. The molecule has 0 amide bonds. The van der Waals surface area contributed by atoms with Gasteiger partial charge in [0.1, 0.15) is 23.5 Å². The topological polar surface area (TPSA) is 39.7 Å². The highest BCUT2D eigenvalue weighted by Crippen LogP contribution is 2.47. The van der Waals surface area contributed by atoms with Gasteiger partial charge in [-0.05, 0) is 66.9 Å². The van der Waals surface area contributed by atoms with Crippen molar-refractivity contribution < 1.29 is 23.0 Å². The van der Waals surface area contributed by atoms with Gasteiger partial charge in [0.05, 0.1) is 5.56 Å². The Kier molecular flexibility index (Phi) is 5.95. The van der Waals surface area contributed by atoms with E-state index in [0.29, 0.717) is 29.6 Å². The van der Waals surface area contributed by atoms with E-state index >= 15 is 0 Å². The number of rotatable bonds is 6. The monoisotopic (exact) mass is 437 g/mol. The summed E-state index contributed by atoms with van der Waals surface area (Å²) in [4.78, 5) is 0. The Morgan fingerprint density at radius 1 is 0.938 bits per heavy atom. The first-order chi connectivity index (χ1) is 15.7. The summed E-state index contributed by atoms with van der Waals surface area (Å²) in [6, 6.07) is 16.6. The van der Waals surface area contributed by atoms with Crippen molar-refractivity contribution in [2.75, 3.05) is 19.9 Å². The Balaban J connectivity index is 1.48. The second-order valence-electron chi connectivity index (χ2n) is 8.27. The molecule has 5 rings (SSSR count). The molecule has 32 heavy (non-hydrogen) atoms. The van der Waals surface area contributed by atoms with Gasteiger partial charge in [0.15, 0.2) is 11.5 Å². The van der Waals surface area contributed by atoms with Crippen LogP contribution >= 0.6 is 0 Å². The highest BCUT2D eigenvalue weighted by atomic mass is 19.1. The van der Waals surface area contributed by atoms with Gasteiger partial charge in [0.2, 0.25) is 6.79 Å². The molecule has 2 heterocycles. The molecule has 4 nitrogen and oxygen atoms in total. The lowest BCUT2D eigenvalue weighted by atomic mass is 9.89.